The first kappa shape index (κ1) is 9.21. The van der Waals surface area contributed by atoms with Crippen LogP contribution in [0.4, 0.5) is 0 Å². The molecule has 14 heavy (non-hydrogen) atoms. The molecule has 74 valence electrons. The van der Waals surface area contributed by atoms with E-state index in [1.807, 2.05) is 0 Å². The standard InChI is InChI=1S/C11H12O3/c1-11(13)6-7-5-8(14-2)3-4-9(7)10(11)12/h3-5,13H,6H2,1-2H3. The van der Waals surface area contributed by atoms with Crippen molar-refractivity contribution in [3.63, 3.8) is 0 Å². The number of rotatable bonds is 1. The smallest absolute Gasteiger partial charge is 0.194 e. The van der Waals surface area contributed by atoms with Crippen molar-refractivity contribution in [2.75, 3.05) is 7.11 Å². The van der Waals surface area contributed by atoms with Crippen LogP contribution in [0.3, 0.4) is 0 Å². The topological polar surface area (TPSA) is 46.5 Å². The van der Waals surface area contributed by atoms with Crippen molar-refractivity contribution in [2.24, 2.45) is 0 Å². The predicted octanol–water partition coefficient (Wildman–Crippen LogP) is 1.18. The highest BCUT2D eigenvalue weighted by Gasteiger charge is 2.39. The first-order valence-electron chi connectivity index (χ1n) is 4.49. The van der Waals surface area contributed by atoms with E-state index in [2.05, 4.69) is 0 Å². The monoisotopic (exact) mass is 192 g/mol. The SMILES string of the molecule is COc1ccc2c(c1)CC(C)(O)C2=O. The fourth-order valence-corrected chi connectivity index (χ4v) is 1.81. The van der Waals surface area contributed by atoms with E-state index < -0.39 is 5.60 Å². The van der Waals surface area contributed by atoms with Gasteiger partial charge >= 0.3 is 0 Å². The third-order valence-electron chi connectivity index (χ3n) is 2.58. The van der Waals surface area contributed by atoms with Crippen molar-refractivity contribution in [1.82, 2.24) is 0 Å². The highest BCUT2D eigenvalue weighted by Crippen LogP contribution is 2.31. The number of hydrogen-bond donors (Lipinski definition) is 1. The van der Waals surface area contributed by atoms with Gasteiger partial charge in [-0.15, -0.1) is 0 Å². The van der Waals surface area contributed by atoms with E-state index in [1.165, 1.54) is 0 Å². The summed E-state index contributed by atoms with van der Waals surface area (Å²) < 4.78 is 5.05. The van der Waals surface area contributed by atoms with Crippen LogP contribution in [-0.4, -0.2) is 23.6 Å². The summed E-state index contributed by atoms with van der Waals surface area (Å²) in [6.45, 7) is 1.54. The molecule has 1 aliphatic rings. The quantitative estimate of drug-likeness (QED) is 0.726. The van der Waals surface area contributed by atoms with Gasteiger partial charge < -0.3 is 9.84 Å². The number of hydrogen-bond acceptors (Lipinski definition) is 3. The van der Waals surface area contributed by atoms with E-state index in [9.17, 15) is 9.90 Å². The van der Waals surface area contributed by atoms with Crippen LogP contribution in [0.2, 0.25) is 0 Å². The van der Waals surface area contributed by atoms with Gasteiger partial charge in [0.2, 0.25) is 0 Å². The predicted molar refractivity (Wildman–Crippen MR) is 51.7 cm³/mol. The average Bonchev–Trinajstić information content (AvgIpc) is 2.37. The molecule has 1 atom stereocenters. The van der Waals surface area contributed by atoms with Gasteiger partial charge in [0.25, 0.3) is 0 Å². The van der Waals surface area contributed by atoms with Crippen molar-refractivity contribution in [3.8, 4) is 5.75 Å². The number of aliphatic hydroxyl groups is 1. The molecule has 0 saturated heterocycles. The lowest BCUT2D eigenvalue weighted by molar-refractivity contribution is 0.0461. The van der Waals surface area contributed by atoms with Gasteiger partial charge in [-0.3, -0.25) is 4.79 Å². The first-order valence-corrected chi connectivity index (χ1v) is 4.49. The third kappa shape index (κ3) is 1.21. The number of carbonyl (C=O) groups is 1. The summed E-state index contributed by atoms with van der Waals surface area (Å²) in [7, 11) is 1.58. The van der Waals surface area contributed by atoms with E-state index >= 15 is 0 Å². The van der Waals surface area contributed by atoms with E-state index in [0.717, 1.165) is 5.56 Å². The Balaban J connectivity index is 2.49. The Morgan fingerprint density at radius 2 is 2.21 bits per heavy atom. The van der Waals surface area contributed by atoms with Crippen LogP contribution < -0.4 is 4.74 Å². The molecule has 0 amide bonds. The van der Waals surface area contributed by atoms with Gasteiger partial charge in [0.15, 0.2) is 5.78 Å². The van der Waals surface area contributed by atoms with Crippen LogP contribution >= 0.6 is 0 Å². The second-order valence-corrected chi connectivity index (χ2v) is 3.80. The summed E-state index contributed by atoms with van der Waals surface area (Å²) in [5.74, 6) is 0.518. The summed E-state index contributed by atoms with van der Waals surface area (Å²) in [6, 6.07) is 5.24. The molecule has 1 unspecified atom stereocenters. The number of fused-ring (bicyclic) bond motifs is 1. The lowest BCUT2D eigenvalue weighted by Gasteiger charge is -2.11. The molecule has 0 aliphatic heterocycles. The van der Waals surface area contributed by atoms with Crippen LogP contribution in [0, 0.1) is 0 Å². The second kappa shape index (κ2) is 2.82. The molecule has 1 N–H and O–H groups in total. The van der Waals surface area contributed by atoms with Crippen molar-refractivity contribution in [2.45, 2.75) is 18.9 Å². The summed E-state index contributed by atoms with van der Waals surface area (Å²) in [5, 5.41) is 9.76. The molecule has 2 rings (SSSR count). The summed E-state index contributed by atoms with van der Waals surface area (Å²) in [5.41, 5.74) is 0.226. The third-order valence-corrected chi connectivity index (χ3v) is 2.58. The number of ketones is 1. The van der Waals surface area contributed by atoms with Gasteiger partial charge in [0, 0.05) is 12.0 Å². The average molecular weight is 192 g/mol. The van der Waals surface area contributed by atoms with Gasteiger partial charge in [-0.1, -0.05) is 0 Å². The lowest BCUT2D eigenvalue weighted by Crippen LogP contribution is -2.31. The maximum absolute atomic E-state index is 11.6. The van der Waals surface area contributed by atoms with Crippen LogP contribution in [-0.2, 0) is 6.42 Å². The Bertz CT molecular complexity index is 394. The van der Waals surface area contributed by atoms with Gasteiger partial charge in [-0.25, -0.2) is 0 Å². The Labute approximate surface area is 82.3 Å². The Morgan fingerprint density at radius 3 is 2.86 bits per heavy atom. The number of ether oxygens (including phenoxy) is 1. The molecule has 0 heterocycles. The van der Waals surface area contributed by atoms with Gasteiger partial charge in [0.1, 0.15) is 11.4 Å². The molecule has 3 heteroatoms. The zero-order valence-electron chi connectivity index (χ0n) is 8.20. The van der Waals surface area contributed by atoms with E-state index in [1.54, 1.807) is 32.2 Å². The fraction of sp³-hybridized carbons (Fsp3) is 0.364. The number of methoxy groups -OCH3 is 1. The van der Waals surface area contributed by atoms with Gasteiger partial charge in [-0.2, -0.15) is 0 Å². The molecular weight excluding hydrogens is 180 g/mol. The minimum atomic E-state index is -1.24. The highest BCUT2D eigenvalue weighted by molar-refractivity contribution is 6.06. The zero-order valence-corrected chi connectivity index (χ0v) is 8.20. The van der Waals surface area contributed by atoms with Crippen molar-refractivity contribution < 1.29 is 14.6 Å². The van der Waals surface area contributed by atoms with Crippen LogP contribution in [0.15, 0.2) is 18.2 Å². The van der Waals surface area contributed by atoms with Crippen LogP contribution in [0.25, 0.3) is 0 Å². The Morgan fingerprint density at radius 1 is 1.50 bits per heavy atom. The van der Waals surface area contributed by atoms with E-state index in [4.69, 9.17) is 4.74 Å². The fourth-order valence-electron chi connectivity index (χ4n) is 1.81. The number of benzene rings is 1. The van der Waals surface area contributed by atoms with E-state index in [0.29, 0.717) is 17.7 Å². The summed E-state index contributed by atoms with van der Waals surface area (Å²) in [6.07, 6.45) is 0.373. The molecule has 0 saturated carbocycles. The molecule has 0 fully saturated rings. The van der Waals surface area contributed by atoms with E-state index in [-0.39, 0.29) is 5.78 Å². The molecule has 1 aromatic carbocycles. The minimum Gasteiger partial charge on any atom is -0.497 e. The second-order valence-electron chi connectivity index (χ2n) is 3.80. The highest BCUT2D eigenvalue weighted by atomic mass is 16.5. The van der Waals surface area contributed by atoms with Gasteiger partial charge in [-0.05, 0) is 30.7 Å². The molecule has 1 aromatic rings. The molecule has 3 nitrogen and oxygen atoms in total. The largest absolute Gasteiger partial charge is 0.497 e. The summed E-state index contributed by atoms with van der Waals surface area (Å²) in [4.78, 5) is 11.6. The molecular formula is C11H12O3. The molecule has 0 spiro atoms. The maximum atomic E-state index is 11.6. The molecule has 0 radical (unpaired) electrons. The molecule has 0 bridgehead atoms. The zero-order chi connectivity index (χ0) is 10.3. The van der Waals surface area contributed by atoms with Crippen molar-refractivity contribution in [3.05, 3.63) is 29.3 Å². The lowest BCUT2D eigenvalue weighted by atomic mass is 10.0. The molecule has 0 aromatic heterocycles. The van der Waals surface area contributed by atoms with Gasteiger partial charge in [0.05, 0.1) is 7.11 Å². The number of Topliss-reactive ketones (excluding diaryl/α,β-unsaturated/α-hetero) is 1. The summed E-state index contributed by atoms with van der Waals surface area (Å²) >= 11 is 0. The Kier molecular flexibility index (Phi) is 1.86. The Hall–Kier alpha value is -1.35. The molecule has 1 aliphatic carbocycles. The maximum Gasteiger partial charge on any atom is 0.194 e. The number of carbonyl (C=O) groups excluding carboxylic acids is 1. The van der Waals surface area contributed by atoms with Crippen LogP contribution in [0.5, 0.6) is 5.75 Å². The van der Waals surface area contributed by atoms with Crippen LogP contribution in [0.1, 0.15) is 22.8 Å². The van der Waals surface area contributed by atoms with Crippen molar-refractivity contribution in [1.29, 1.82) is 0 Å². The normalized spacial score (nSPS) is 24.9. The van der Waals surface area contributed by atoms with Crippen molar-refractivity contribution >= 4 is 5.78 Å². The minimum absolute atomic E-state index is 0.199. The first-order chi connectivity index (χ1) is 6.54.